The number of carbonyl (C=O) groups excluding carboxylic acids is 1. The molecular weight excluding hydrogens is 767 g/mol. The summed E-state index contributed by atoms with van der Waals surface area (Å²) in [7, 11) is 0. The van der Waals surface area contributed by atoms with Gasteiger partial charge in [-0.15, -0.1) is 0 Å². The third-order valence-corrected chi connectivity index (χ3v) is 12.8. The summed E-state index contributed by atoms with van der Waals surface area (Å²) in [5.74, 6) is -0.595. The zero-order valence-corrected chi connectivity index (χ0v) is 41.4. The number of allylic oxidation sites excluding steroid dienone is 6. The van der Waals surface area contributed by atoms with Crippen molar-refractivity contribution in [2.75, 3.05) is 6.61 Å². The van der Waals surface area contributed by atoms with Gasteiger partial charge in [0.2, 0.25) is 5.91 Å². The van der Waals surface area contributed by atoms with Crippen LogP contribution >= 0.6 is 0 Å². The summed E-state index contributed by atoms with van der Waals surface area (Å²) in [5, 5.41) is 43.8. The molecule has 366 valence electrons. The Hall–Kier alpha value is -1.47. The summed E-state index contributed by atoms with van der Waals surface area (Å²) in [4.78, 5) is 12.6. The van der Waals surface area contributed by atoms with Gasteiger partial charge in [0, 0.05) is 0 Å². The zero-order chi connectivity index (χ0) is 45.2. The van der Waals surface area contributed by atoms with Crippen LogP contribution in [0.2, 0.25) is 0 Å². The van der Waals surface area contributed by atoms with Crippen LogP contribution in [0.3, 0.4) is 0 Å². The van der Waals surface area contributed by atoms with Crippen molar-refractivity contribution in [3.8, 4) is 0 Å². The molecule has 6 heteroatoms. The van der Waals surface area contributed by atoms with Crippen molar-refractivity contribution in [2.24, 2.45) is 0 Å². The van der Waals surface area contributed by atoms with E-state index in [9.17, 15) is 25.2 Å². The molecule has 0 aromatic rings. The summed E-state index contributed by atoms with van der Waals surface area (Å²) >= 11 is 0. The molecule has 0 aromatic heterocycles. The van der Waals surface area contributed by atoms with Crippen molar-refractivity contribution in [1.82, 2.24) is 5.32 Å². The van der Waals surface area contributed by atoms with Gasteiger partial charge in [-0.3, -0.25) is 4.79 Å². The maximum atomic E-state index is 12.6. The predicted octanol–water partition coefficient (Wildman–Crippen LogP) is 15.6. The molecule has 0 aromatic carbocycles. The van der Waals surface area contributed by atoms with Crippen LogP contribution in [-0.2, 0) is 4.79 Å². The minimum atomic E-state index is -1.29. The van der Waals surface area contributed by atoms with Crippen LogP contribution in [0.15, 0.2) is 36.5 Å². The number of rotatable bonds is 50. The molecule has 0 aliphatic carbocycles. The lowest BCUT2D eigenvalue weighted by atomic mass is 10.00. The average Bonchev–Trinajstić information content (AvgIpc) is 3.28. The molecule has 0 saturated heterocycles. The standard InChI is InChI=1S/C56H107NO5/c1-3-5-7-9-11-13-15-17-19-20-21-22-23-24-25-26-27-28-29-30-31-32-33-34-35-36-38-40-42-44-46-48-50-54(60)56(62)57-52(51-58)55(61)53(59)49-47-45-43-41-39-37-18-16-14-12-10-8-6-4-2/h16,18,24-25,41,43,52-55,58-61H,3-15,17,19-23,26-40,42,44-51H2,1-2H3,(H,57,62)/b18-16+,25-24-,43-41+. The normalized spacial score (nSPS) is 14.1. The van der Waals surface area contributed by atoms with E-state index in [1.807, 2.05) is 0 Å². The number of unbranched alkanes of at least 4 members (excludes halogenated alkanes) is 35. The monoisotopic (exact) mass is 874 g/mol. The van der Waals surface area contributed by atoms with Crippen molar-refractivity contribution < 1.29 is 25.2 Å². The van der Waals surface area contributed by atoms with Crippen molar-refractivity contribution in [2.45, 2.75) is 308 Å². The molecule has 0 fully saturated rings. The summed E-state index contributed by atoms with van der Waals surface area (Å²) in [6.45, 7) is 4.04. The van der Waals surface area contributed by atoms with E-state index >= 15 is 0 Å². The van der Waals surface area contributed by atoms with Crippen molar-refractivity contribution in [3.05, 3.63) is 36.5 Å². The summed E-state index contributed by atoms with van der Waals surface area (Å²) in [6, 6.07) is -1.01. The maximum Gasteiger partial charge on any atom is 0.249 e. The molecule has 0 radical (unpaired) electrons. The summed E-state index contributed by atoms with van der Waals surface area (Å²) < 4.78 is 0. The van der Waals surface area contributed by atoms with Crippen molar-refractivity contribution in [3.63, 3.8) is 0 Å². The fraction of sp³-hybridized carbons (Fsp3) is 0.875. The molecule has 4 unspecified atom stereocenters. The third kappa shape index (κ3) is 43.8. The van der Waals surface area contributed by atoms with E-state index in [2.05, 4.69) is 55.6 Å². The highest BCUT2D eigenvalue weighted by Gasteiger charge is 2.28. The first-order valence-electron chi connectivity index (χ1n) is 27.4. The minimum Gasteiger partial charge on any atom is -0.394 e. The van der Waals surface area contributed by atoms with Crippen LogP contribution in [0.25, 0.3) is 0 Å². The Bertz CT molecular complexity index is 981. The van der Waals surface area contributed by atoms with Gasteiger partial charge >= 0.3 is 0 Å². The molecule has 5 N–H and O–H groups in total. The van der Waals surface area contributed by atoms with Gasteiger partial charge in [-0.05, 0) is 77.0 Å². The summed E-state index contributed by atoms with van der Waals surface area (Å²) in [5.41, 5.74) is 0. The second-order valence-corrected chi connectivity index (χ2v) is 18.9. The Morgan fingerprint density at radius 1 is 0.387 bits per heavy atom. The Balaban J connectivity index is 3.59. The molecule has 0 spiro atoms. The van der Waals surface area contributed by atoms with Crippen LogP contribution in [0.5, 0.6) is 0 Å². The number of aliphatic hydroxyl groups is 4. The molecule has 0 saturated carbocycles. The predicted molar refractivity (Wildman–Crippen MR) is 270 cm³/mol. The molecule has 0 aliphatic rings. The second-order valence-electron chi connectivity index (χ2n) is 18.9. The van der Waals surface area contributed by atoms with E-state index in [0.717, 1.165) is 38.5 Å². The minimum absolute atomic E-state index is 0.362. The number of nitrogens with one attached hydrogen (secondary N) is 1. The lowest BCUT2D eigenvalue weighted by molar-refractivity contribution is -0.132. The van der Waals surface area contributed by atoms with Crippen LogP contribution in [0.1, 0.15) is 284 Å². The largest absolute Gasteiger partial charge is 0.394 e. The molecule has 4 atom stereocenters. The maximum absolute atomic E-state index is 12.6. The Morgan fingerprint density at radius 3 is 1.02 bits per heavy atom. The number of carbonyl (C=O) groups is 1. The number of hydrogen-bond acceptors (Lipinski definition) is 5. The van der Waals surface area contributed by atoms with Gasteiger partial charge in [-0.25, -0.2) is 0 Å². The fourth-order valence-electron chi connectivity index (χ4n) is 8.48. The zero-order valence-electron chi connectivity index (χ0n) is 41.4. The SMILES string of the molecule is CCCCCCC/C=C/CC/C=C/CCCC(O)C(O)C(CO)NC(=O)C(O)CCCCCCCCCCCCCCCCCC/C=C\CCCCCCCCCCCCCC. The molecule has 0 aliphatic heterocycles. The van der Waals surface area contributed by atoms with E-state index in [-0.39, 0.29) is 0 Å². The van der Waals surface area contributed by atoms with E-state index in [1.54, 1.807) is 0 Å². The van der Waals surface area contributed by atoms with E-state index in [0.29, 0.717) is 19.3 Å². The Morgan fingerprint density at radius 2 is 0.677 bits per heavy atom. The van der Waals surface area contributed by atoms with Gasteiger partial charge in [0.25, 0.3) is 0 Å². The van der Waals surface area contributed by atoms with Crippen LogP contribution in [-0.4, -0.2) is 57.3 Å². The first kappa shape index (κ1) is 60.5. The molecule has 1 amide bonds. The van der Waals surface area contributed by atoms with Gasteiger partial charge in [-0.1, -0.05) is 243 Å². The summed E-state index contributed by atoms with van der Waals surface area (Å²) in [6.07, 6.45) is 62.2. The van der Waals surface area contributed by atoms with Gasteiger partial charge < -0.3 is 25.7 Å². The first-order valence-corrected chi connectivity index (χ1v) is 27.4. The van der Waals surface area contributed by atoms with E-state index in [4.69, 9.17) is 0 Å². The molecule has 6 nitrogen and oxygen atoms in total. The topological polar surface area (TPSA) is 110 Å². The average molecular weight is 874 g/mol. The lowest BCUT2D eigenvalue weighted by Gasteiger charge is -2.27. The van der Waals surface area contributed by atoms with Crippen LogP contribution < -0.4 is 5.32 Å². The quantitative estimate of drug-likeness (QED) is 0.0309. The first-order chi connectivity index (χ1) is 30.5. The number of aliphatic hydroxyl groups excluding tert-OH is 4. The highest BCUT2D eigenvalue weighted by atomic mass is 16.3. The highest BCUT2D eigenvalue weighted by Crippen LogP contribution is 2.17. The van der Waals surface area contributed by atoms with Crippen LogP contribution in [0, 0.1) is 0 Å². The van der Waals surface area contributed by atoms with Gasteiger partial charge in [0.1, 0.15) is 12.2 Å². The smallest absolute Gasteiger partial charge is 0.249 e. The molecule has 0 rings (SSSR count). The molecule has 62 heavy (non-hydrogen) atoms. The van der Waals surface area contributed by atoms with Gasteiger partial charge in [-0.2, -0.15) is 0 Å². The highest BCUT2D eigenvalue weighted by molar-refractivity contribution is 5.80. The van der Waals surface area contributed by atoms with Crippen LogP contribution in [0.4, 0.5) is 0 Å². The molecule has 0 bridgehead atoms. The van der Waals surface area contributed by atoms with Crippen molar-refractivity contribution >= 4 is 5.91 Å². The fourth-order valence-corrected chi connectivity index (χ4v) is 8.48. The second kappa shape index (κ2) is 50.5. The molecular formula is C56H107NO5. The lowest BCUT2D eigenvalue weighted by Crippen LogP contribution is -2.53. The number of hydrogen-bond donors (Lipinski definition) is 5. The number of amides is 1. The molecule has 0 heterocycles. The van der Waals surface area contributed by atoms with E-state index < -0.39 is 36.9 Å². The van der Waals surface area contributed by atoms with Gasteiger partial charge in [0.05, 0.1) is 18.8 Å². The Labute approximate surface area is 386 Å². The van der Waals surface area contributed by atoms with Gasteiger partial charge in [0.15, 0.2) is 0 Å². The van der Waals surface area contributed by atoms with Crippen molar-refractivity contribution in [1.29, 1.82) is 0 Å². The Kier molecular flexibility index (Phi) is 49.3. The van der Waals surface area contributed by atoms with E-state index in [1.165, 1.54) is 212 Å². The third-order valence-electron chi connectivity index (χ3n) is 12.8.